The first kappa shape index (κ1) is 15.0. The second kappa shape index (κ2) is 5.93. The molecule has 1 fully saturated rings. The van der Waals surface area contributed by atoms with Gasteiger partial charge in [-0.15, -0.1) is 0 Å². The van der Waals surface area contributed by atoms with Crippen LogP contribution in [0.2, 0.25) is 0 Å². The van der Waals surface area contributed by atoms with E-state index in [4.69, 9.17) is 5.11 Å². The van der Waals surface area contributed by atoms with Crippen LogP contribution in [0.1, 0.15) is 43.0 Å². The average molecular weight is 297 g/mol. The number of hydrogen-bond donors (Lipinski definition) is 2. The molecule has 0 radical (unpaired) electrons. The Kier molecular flexibility index (Phi) is 4.45. The van der Waals surface area contributed by atoms with Crippen LogP contribution >= 0.6 is 0 Å². The van der Waals surface area contributed by atoms with Gasteiger partial charge < -0.3 is 5.11 Å². The Morgan fingerprint density at radius 2 is 1.80 bits per heavy atom. The SMILES string of the molecule is C[C@@H]1CCCC[C@@H]1NS(=O)(=O)c1ccc(C(=O)O)cc1. The van der Waals surface area contributed by atoms with Crippen LogP contribution in [-0.4, -0.2) is 25.5 Å². The largest absolute Gasteiger partial charge is 0.478 e. The van der Waals surface area contributed by atoms with Crippen molar-refractivity contribution in [1.29, 1.82) is 0 Å². The predicted octanol–water partition coefficient (Wildman–Crippen LogP) is 2.24. The van der Waals surface area contributed by atoms with Crippen LogP contribution in [0.25, 0.3) is 0 Å². The van der Waals surface area contributed by atoms with Crippen molar-refractivity contribution in [1.82, 2.24) is 4.72 Å². The smallest absolute Gasteiger partial charge is 0.335 e. The van der Waals surface area contributed by atoms with Gasteiger partial charge >= 0.3 is 5.97 Å². The maximum atomic E-state index is 12.3. The van der Waals surface area contributed by atoms with Crippen LogP contribution in [0.3, 0.4) is 0 Å². The van der Waals surface area contributed by atoms with Gasteiger partial charge in [-0.1, -0.05) is 19.8 Å². The van der Waals surface area contributed by atoms with E-state index in [9.17, 15) is 13.2 Å². The summed E-state index contributed by atoms with van der Waals surface area (Å²) in [6.07, 6.45) is 4.07. The quantitative estimate of drug-likeness (QED) is 0.892. The summed E-state index contributed by atoms with van der Waals surface area (Å²) >= 11 is 0. The van der Waals surface area contributed by atoms with Gasteiger partial charge in [0.15, 0.2) is 0 Å². The summed E-state index contributed by atoms with van der Waals surface area (Å²) in [4.78, 5) is 10.9. The number of benzene rings is 1. The van der Waals surface area contributed by atoms with Gasteiger partial charge in [0.2, 0.25) is 10.0 Å². The van der Waals surface area contributed by atoms with E-state index in [0.29, 0.717) is 5.92 Å². The lowest BCUT2D eigenvalue weighted by molar-refractivity contribution is 0.0696. The molecular formula is C14H19NO4S. The molecule has 1 saturated carbocycles. The Labute approximate surface area is 119 Å². The molecule has 20 heavy (non-hydrogen) atoms. The molecule has 0 heterocycles. The van der Waals surface area contributed by atoms with Gasteiger partial charge in [0, 0.05) is 6.04 Å². The summed E-state index contributed by atoms with van der Waals surface area (Å²) in [5, 5.41) is 8.81. The van der Waals surface area contributed by atoms with E-state index in [1.54, 1.807) is 0 Å². The first-order valence-corrected chi connectivity index (χ1v) is 8.24. The Morgan fingerprint density at radius 3 is 2.35 bits per heavy atom. The summed E-state index contributed by atoms with van der Waals surface area (Å²) < 4.78 is 27.3. The molecule has 0 unspecified atom stereocenters. The molecule has 0 aromatic heterocycles. The molecule has 0 bridgehead atoms. The first-order valence-electron chi connectivity index (χ1n) is 6.76. The third-order valence-electron chi connectivity index (χ3n) is 3.83. The summed E-state index contributed by atoms with van der Waals surface area (Å²) in [6, 6.07) is 5.24. The van der Waals surface area contributed by atoms with Crippen LogP contribution in [0.15, 0.2) is 29.2 Å². The van der Waals surface area contributed by atoms with Gasteiger partial charge in [-0.05, 0) is 43.0 Å². The summed E-state index contributed by atoms with van der Waals surface area (Å²) in [5.74, 6) is -0.736. The molecule has 0 aliphatic heterocycles. The Bertz CT molecular complexity index is 580. The van der Waals surface area contributed by atoms with Crippen LogP contribution in [-0.2, 0) is 10.0 Å². The highest BCUT2D eigenvalue weighted by Gasteiger charge is 2.26. The zero-order valence-electron chi connectivity index (χ0n) is 11.4. The maximum Gasteiger partial charge on any atom is 0.335 e. The first-order chi connectivity index (χ1) is 9.40. The molecule has 2 N–H and O–H groups in total. The van der Waals surface area contributed by atoms with Crippen LogP contribution in [0.4, 0.5) is 0 Å². The highest BCUT2D eigenvalue weighted by atomic mass is 32.2. The number of aromatic carboxylic acids is 1. The minimum absolute atomic E-state index is 0.0344. The molecular weight excluding hydrogens is 278 g/mol. The minimum Gasteiger partial charge on any atom is -0.478 e. The third kappa shape index (κ3) is 3.37. The summed E-state index contributed by atoms with van der Waals surface area (Å²) in [5.41, 5.74) is 0.0787. The number of hydrogen-bond acceptors (Lipinski definition) is 3. The second-order valence-corrected chi connectivity index (χ2v) is 7.03. The van der Waals surface area contributed by atoms with Crippen molar-refractivity contribution >= 4 is 16.0 Å². The van der Waals surface area contributed by atoms with Crippen molar-refractivity contribution in [3.63, 3.8) is 0 Å². The van der Waals surface area contributed by atoms with Crippen molar-refractivity contribution in [3.05, 3.63) is 29.8 Å². The molecule has 1 aliphatic rings. The lowest BCUT2D eigenvalue weighted by Gasteiger charge is -2.29. The molecule has 0 spiro atoms. The lowest BCUT2D eigenvalue weighted by Crippen LogP contribution is -2.40. The Balaban J connectivity index is 2.15. The minimum atomic E-state index is -3.58. The highest BCUT2D eigenvalue weighted by molar-refractivity contribution is 7.89. The zero-order chi connectivity index (χ0) is 14.8. The zero-order valence-corrected chi connectivity index (χ0v) is 12.2. The average Bonchev–Trinajstić information content (AvgIpc) is 2.41. The number of sulfonamides is 1. The monoisotopic (exact) mass is 297 g/mol. The Morgan fingerprint density at radius 1 is 1.20 bits per heavy atom. The van der Waals surface area contributed by atoms with Crippen LogP contribution in [0.5, 0.6) is 0 Å². The van der Waals surface area contributed by atoms with E-state index in [1.165, 1.54) is 24.3 Å². The molecule has 1 aromatic carbocycles. The maximum absolute atomic E-state index is 12.3. The lowest BCUT2D eigenvalue weighted by atomic mass is 9.87. The van der Waals surface area contributed by atoms with Gasteiger partial charge in [0.1, 0.15) is 0 Å². The molecule has 2 atom stereocenters. The van der Waals surface area contributed by atoms with E-state index in [0.717, 1.165) is 25.7 Å². The number of nitrogens with one attached hydrogen (secondary N) is 1. The number of carbonyl (C=O) groups is 1. The highest BCUT2D eigenvalue weighted by Crippen LogP contribution is 2.25. The second-order valence-electron chi connectivity index (χ2n) is 5.32. The van der Waals surface area contributed by atoms with E-state index < -0.39 is 16.0 Å². The van der Waals surface area contributed by atoms with Crippen LogP contribution in [0, 0.1) is 5.92 Å². The van der Waals surface area contributed by atoms with Gasteiger partial charge in [-0.2, -0.15) is 0 Å². The van der Waals surface area contributed by atoms with Crippen LogP contribution < -0.4 is 4.72 Å². The fraction of sp³-hybridized carbons (Fsp3) is 0.500. The third-order valence-corrected chi connectivity index (χ3v) is 5.34. The van der Waals surface area contributed by atoms with Crippen molar-refractivity contribution in [2.75, 3.05) is 0 Å². The fourth-order valence-corrected chi connectivity index (χ4v) is 3.91. The molecule has 0 saturated heterocycles. The molecule has 1 aliphatic carbocycles. The fourth-order valence-electron chi connectivity index (χ4n) is 2.54. The van der Waals surface area contributed by atoms with Crippen molar-refractivity contribution in [2.24, 2.45) is 5.92 Å². The van der Waals surface area contributed by atoms with Gasteiger partial charge in [-0.25, -0.2) is 17.9 Å². The standard InChI is InChI=1S/C14H19NO4S/c1-10-4-2-3-5-13(10)15-20(18,19)12-8-6-11(7-9-12)14(16)17/h6-10,13,15H,2-5H2,1H3,(H,16,17)/t10-,13+/m1/s1. The van der Waals surface area contributed by atoms with Gasteiger partial charge in [0.05, 0.1) is 10.5 Å². The number of rotatable bonds is 4. The topological polar surface area (TPSA) is 83.5 Å². The van der Waals surface area contributed by atoms with E-state index in [-0.39, 0.29) is 16.5 Å². The summed E-state index contributed by atoms with van der Waals surface area (Å²) in [6.45, 7) is 2.06. The Hall–Kier alpha value is -1.40. The van der Waals surface area contributed by atoms with E-state index >= 15 is 0 Å². The molecule has 110 valence electrons. The normalized spacial score (nSPS) is 23.4. The number of carboxylic acids is 1. The predicted molar refractivity (Wildman–Crippen MR) is 75.1 cm³/mol. The molecule has 2 rings (SSSR count). The van der Waals surface area contributed by atoms with E-state index in [1.807, 2.05) is 0 Å². The molecule has 5 nitrogen and oxygen atoms in total. The molecule has 0 amide bonds. The van der Waals surface area contributed by atoms with Crippen molar-refractivity contribution in [3.8, 4) is 0 Å². The van der Waals surface area contributed by atoms with E-state index in [2.05, 4.69) is 11.6 Å². The van der Waals surface area contributed by atoms with Gasteiger partial charge in [-0.3, -0.25) is 0 Å². The summed E-state index contributed by atoms with van der Waals surface area (Å²) in [7, 11) is -3.58. The number of carboxylic acid groups (broad SMARTS) is 1. The van der Waals surface area contributed by atoms with Crippen molar-refractivity contribution in [2.45, 2.75) is 43.5 Å². The molecule has 1 aromatic rings. The van der Waals surface area contributed by atoms with Gasteiger partial charge in [0.25, 0.3) is 0 Å². The van der Waals surface area contributed by atoms with Crippen molar-refractivity contribution < 1.29 is 18.3 Å². The molecule has 6 heteroatoms.